The van der Waals surface area contributed by atoms with E-state index in [1.165, 1.54) is 0 Å². The van der Waals surface area contributed by atoms with Gasteiger partial charge < -0.3 is 19.7 Å². The quantitative estimate of drug-likeness (QED) is 0.670. The molecule has 1 aromatic rings. The normalized spacial score (nSPS) is 37.8. The van der Waals surface area contributed by atoms with Crippen LogP contribution in [0.1, 0.15) is 57.9 Å². The number of rotatable bonds is 5. The van der Waals surface area contributed by atoms with Crippen molar-refractivity contribution in [2.45, 2.75) is 65.0 Å². The van der Waals surface area contributed by atoms with Crippen LogP contribution in [-0.4, -0.2) is 44.0 Å². The van der Waals surface area contributed by atoms with Crippen molar-refractivity contribution in [3.05, 3.63) is 35.9 Å². The highest BCUT2D eigenvalue weighted by Crippen LogP contribution is 2.65. The molecule has 3 saturated carbocycles. The van der Waals surface area contributed by atoms with E-state index in [2.05, 4.69) is 25.2 Å². The Bertz CT molecular complexity index is 1020. The Hall–Kier alpha value is -2.50. The Morgan fingerprint density at radius 3 is 2.43 bits per heavy atom. The highest BCUT2D eigenvalue weighted by atomic mass is 16.5. The lowest BCUT2D eigenvalue weighted by Gasteiger charge is -2.60. The molecule has 1 aromatic carbocycles. The zero-order chi connectivity index (χ0) is 25.0. The standard InChI is InChI=1S/C29H40N2O4/c1-28-12-10-23-21(6-9-25-29(23,2)13-11-26(32)31(25)3)22(28)7-8-24(28)27(33)30-17-18-14-19(34-4)16-20(15-18)35-5/h11,13-16,21-25H,6-10,12,17H2,1-5H3,(H,30,33)/t21-,22-,23+,24?,25?,28-,29+/m0/s1. The predicted octanol–water partition coefficient (Wildman–Crippen LogP) is 4.58. The van der Waals surface area contributed by atoms with E-state index in [-0.39, 0.29) is 28.6 Å². The van der Waals surface area contributed by atoms with Gasteiger partial charge in [0.25, 0.3) is 0 Å². The Balaban J connectivity index is 1.30. The van der Waals surface area contributed by atoms with E-state index in [9.17, 15) is 9.59 Å². The second-order valence-electron chi connectivity index (χ2n) is 11.7. The van der Waals surface area contributed by atoms with Gasteiger partial charge in [0.2, 0.25) is 11.8 Å². The fourth-order valence-electron chi connectivity index (χ4n) is 8.45. The minimum atomic E-state index is 0.0404. The van der Waals surface area contributed by atoms with Crippen molar-refractivity contribution in [1.29, 1.82) is 0 Å². The first-order chi connectivity index (χ1) is 16.7. The van der Waals surface area contributed by atoms with Crippen LogP contribution in [0.3, 0.4) is 0 Å². The summed E-state index contributed by atoms with van der Waals surface area (Å²) in [5.74, 6) is 3.61. The van der Waals surface area contributed by atoms with E-state index in [0.717, 1.165) is 55.6 Å². The maximum atomic E-state index is 13.5. The number of nitrogens with zero attached hydrogens (tertiary/aromatic N) is 1. The Kier molecular flexibility index (Phi) is 6.13. The molecular weight excluding hydrogens is 440 g/mol. The summed E-state index contributed by atoms with van der Waals surface area (Å²) < 4.78 is 10.8. The average Bonchev–Trinajstić information content (AvgIpc) is 3.22. The molecule has 1 heterocycles. The molecule has 0 radical (unpaired) electrons. The summed E-state index contributed by atoms with van der Waals surface area (Å²) in [4.78, 5) is 27.8. The van der Waals surface area contributed by atoms with Crippen LogP contribution in [0, 0.1) is 34.5 Å². The molecule has 0 bridgehead atoms. The lowest BCUT2D eigenvalue weighted by Crippen LogP contribution is -2.59. The van der Waals surface area contributed by atoms with E-state index in [1.807, 2.05) is 30.1 Å². The molecule has 2 amide bonds. The van der Waals surface area contributed by atoms with Gasteiger partial charge in [-0.1, -0.05) is 19.9 Å². The third kappa shape index (κ3) is 3.84. The number of hydrogen-bond donors (Lipinski definition) is 1. The van der Waals surface area contributed by atoms with E-state index < -0.39 is 0 Å². The predicted molar refractivity (Wildman–Crippen MR) is 135 cm³/mol. The maximum Gasteiger partial charge on any atom is 0.246 e. The van der Waals surface area contributed by atoms with Crippen LogP contribution in [0.25, 0.3) is 0 Å². The number of amides is 2. The molecule has 0 saturated heterocycles. The van der Waals surface area contributed by atoms with Crippen molar-refractivity contribution in [2.24, 2.45) is 34.5 Å². The second kappa shape index (κ2) is 8.86. The largest absolute Gasteiger partial charge is 0.497 e. The number of carbonyl (C=O) groups is 2. The first-order valence-electron chi connectivity index (χ1n) is 13.2. The van der Waals surface area contributed by atoms with E-state index in [1.54, 1.807) is 20.3 Å². The molecule has 1 N–H and O–H groups in total. The Labute approximate surface area is 209 Å². The number of benzene rings is 1. The Morgan fingerprint density at radius 1 is 1.03 bits per heavy atom. The number of ether oxygens (including phenoxy) is 2. The number of fused-ring (bicyclic) bond motifs is 5. The van der Waals surface area contributed by atoms with E-state index in [4.69, 9.17) is 9.47 Å². The number of carbonyl (C=O) groups excluding carboxylic acids is 2. The molecule has 6 heteroatoms. The summed E-state index contributed by atoms with van der Waals surface area (Å²) in [6, 6.07) is 6.04. The van der Waals surface area contributed by atoms with Crippen LogP contribution in [0.4, 0.5) is 0 Å². The minimum Gasteiger partial charge on any atom is -0.497 e. The number of nitrogens with one attached hydrogen (secondary N) is 1. The van der Waals surface area contributed by atoms with Crippen LogP contribution in [-0.2, 0) is 16.1 Å². The van der Waals surface area contributed by atoms with Gasteiger partial charge >= 0.3 is 0 Å². The van der Waals surface area contributed by atoms with Crippen molar-refractivity contribution in [3.8, 4) is 11.5 Å². The van der Waals surface area contributed by atoms with Gasteiger partial charge in [-0.05, 0) is 85.5 Å². The molecule has 35 heavy (non-hydrogen) atoms. The summed E-state index contributed by atoms with van der Waals surface area (Å²) in [5.41, 5.74) is 1.06. The fourth-order valence-corrected chi connectivity index (χ4v) is 8.45. The highest BCUT2D eigenvalue weighted by Gasteiger charge is 2.61. The molecule has 3 fully saturated rings. The zero-order valence-corrected chi connectivity index (χ0v) is 21.8. The molecule has 1 aliphatic heterocycles. The highest BCUT2D eigenvalue weighted by molar-refractivity contribution is 5.89. The zero-order valence-electron chi connectivity index (χ0n) is 21.8. The van der Waals surface area contributed by atoms with Crippen molar-refractivity contribution in [2.75, 3.05) is 21.3 Å². The minimum absolute atomic E-state index is 0.0404. The number of likely N-dealkylation sites (N-methyl/N-ethyl adjacent to an activating group) is 1. The van der Waals surface area contributed by atoms with E-state index >= 15 is 0 Å². The summed E-state index contributed by atoms with van der Waals surface area (Å²) in [7, 11) is 5.25. The van der Waals surface area contributed by atoms with Gasteiger partial charge in [-0.2, -0.15) is 0 Å². The molecule has 5 rings (SSSR count). The molecule has 0 aromatic heterocycles. The topological polar surface area (TPSA) is 67.9 Å². The van der Waals surface area contributed by atoms with Crippen molar-refractivity contribution in [3.63, 3.8) is 0 Å². The Morgan fingerprint density at radius 2 is 1.74 bits per heavy atom. The van der Waals surface area contributed by atoms with Crippen LogP contribution >= 0.6 is 0 Å². The monoisotopic (exact) mass is 480 g/mol. The first-order valence-corrected chi connectivity index (χ1v) is 13.2. The van der Waals surface area contributed by atoms with E-state index in [0.29, 0.717) is 30.3 Å². The number of hydrogen-bond acceptors (Lipinski definition) is 4. The summed E-state index contributed by atoms with van der Waals surface area (Å²) in [5, 5.41) is 3.23. The van der Waals surface area contributed by atoms with Crippen molar-refractivity contribution in [1.82, 2.24) is 10.2 Å². The molecule has 190 valence electrons. The molecule has 4 aliphatic rings. The van der Waals surface area contributed by atoms with Gasteiger partial charge in [-0.15, -0.1) is 0 Å². The molecule has 3 aliphatic carbocycles. The third-order valence-corrected chi connectivity index (χ3v) is 10.3. The van der Waals surface area contributed by atoms with Crippen molar-refractivity contribution < 1.29 is 19.1 Å². The fraction of sp³-hybridized carbons (Fsp3) is 0.655. The molecular formula is C29H40N2O4. The van der Waals surface area contributed by atoms with Crippen LogP contribution in [0.2, 0.25) is 0 Å². The van der Waals surface area contributed by atoms with Crippen molar-refractivity contribution >= 4 is 11.8 Å². The average molecular weight is 481 g/mol. The summed E-state index contributed by atoms with van der Waals surface area (Å²) in [6.07, 6.45) is 10.5. The molecule has 6 nitrogen and oxygen atoms in total. The van der Waals surface area contributed by atoms with Gasteiger partial charge in [0.15, 0.2) is 0 Å². The van der Waals surface area contributed by atoms with Gasteiger partial charge in [-0.25, -0.2) is 0 Å². The second-order valence-corrected chi connectivity index (χ2v) is 11.7. The number of methoxy groups -OCH3 is 2. The first kappa shape index (κ1) is 24.2. The van der Waals surface area contributed by atoms with Gasteiger partial charge in [0, 0.05) is 37.0 Å². The van der Waals surface area contributed by atoms with Crippen LogP contribution in [0.15, 0.2) is 30.4 Å². The maximum absolute atomic E-state index is 13.5. The molecule has 0 spiro atoms. The van der Waals surface area contributed by atoms with Gasteiger partial charge in [0.05, 0.1) is 14.2 Å². The molecule has 2 unspecified atom stereocenters. The SMILES string of the molecule is COc1cc(CNC(=O)C2CC[C@H]3[C@@H]4CCC5N(C)C(=O)C=C[C@]5(C)[C@@H]4CC[C@]23C)cc(OC)c1. The van der Waals surface area contributed by atoms with Crippen LogP contribution < -0.4 is 14.8 Å². The smallest absolute Gasteiger partial charge is 0.246 e. The lowest BCUT2D eigenvalue weighted by atomic mass is 9.47. The van der Waals surface area contributed by atoms with Crippen LogP contribution in [0.5, 0.6) is 11.5 Å². The van der Waals surface area contributed by atoms with Gasteiger partial charge in [0.1, 0.15) is 11.5 Å². The third-order valence-electron chi connectivity index (χ3n) is 10.3. The summed E-state index contributed by atoms with van der Waals surface area (Å²) >= 11 is 0. The lowest BCUT2D eigenvalue weighted by molar-refractivity contribution is -0.142. The molecule has 7 atom stereocenters. The van der Waals surface area contributed by atoms with Gasteiger partial charge in [-0.3, -0.25) is 9.59 Å². The summed E-state index contributed by atoms with van der Waals surface area (Å²) in [6.45, 7) is 5.22.